The minimum Gasteiger partial charge on any atom is -0.352 e. The van der Waals surface area contributed by atoms with Crippen LogP contribution in [0, 0.1) is 34.9 Å². The Balaban J connectivity index is 1.19. The van der Waals surface area contributed by atoms with Crippen LogP contribution in [0.15, 0.2) is 54.7 Å². The zero-order valence-corrected chi connectivity index (χ0v) is 17.2. The largest absolute Gasteiger partial charge is 0.352 e. The van der Waals surface area contributed by atoms with Crippen molar-refractivity contribution >= 4 is 16.8 Å². The molecule has 0 saturated heterocycles. The van der Waals surface area contributed by atoms with Crippen LogP contribution in [-0.4, -0.2) is 17.4 Å². The number of carbonyl (C=O) groups excluding carboxylic acids is 1. The van der Waals surface area contributed by atoms with Crippen molar-refractivity contribution in [2.45, 2.75) is 31.6 Å². The van der Waals surface area contributed by atoms with Gasteiger partial charge in [0, 0.05) is 23.7 Å². The molecule has 5 heteroatoms. The number of nitrogens with zero attached hydrogens (tertiary/aromatic N) is 2. The van der Waals surface area contributed by atoms with E-state index in [9.17, 15) is 9.18 Å². The van der Waals surface area contributed by atoms with Gasteiger partial charge in [-0.05, 0) is 103 Å². The monoisotopic (exact) mass is 413 g/mol. The number of benzene rings is 2. The maximum absolute atomic E-state index is 13.8. The van der Waals surface area contributed by atoms with Crippen molar-refractivity contribution in [2.75, 3.05) is 6.54 Å². The third-order valence-electron chi connectivity index (χ3n) is 7.12. The summed E-state index contributed by atoms with van der Waals surface area (Å²) in [5.41, 5.74) is 3.23. The van der Waals surface area contributed by atoms with Gasteiger partial charge < -0.3 is 5.32 Å². The van der Waals surface area contributed by atoms with E-state index >= 15 is 0 Å². The van der Waals surface area contributed by atoms with Crippen LogP contribution in [0.3, 0.4) is 0 Å². The molecule has 1 aromatic heterocycles. The zero-order chi connectivity index (χ0) is 21.4. The molecule has 1 amide bonds. The highest BCUT2D eigenvalue weighted by Gasteiger charge is 2.42. The maximum atomic E-state index is 13.8. The molecule has 2 unspecified atom stereocenters. The van der Waals surface area contributed by atoms with Crippen molar-refractivity contribution in [2.24, 2.45) is 17.8 Å². The molecule has 4 atom stereocenters. The minimum absolute atomic E-state index is 0.0790. The molecule has 0 bridgehead atoms. The fourth-order valence-corrected chi connectivity index (χ4v) is 5.69. The van der Waals surface area contributed by atoms with Crippen molar-refractivity contribution in [3.63, 3.8) is 0 Å². The van der Waals surface area contributed by atoms with Crippen LogP contribution in [0.5, 0.6) is 0 Å². The first kappa shape index (κ1) is 19.7. The molecule has 0 spiro atoms. The molecule has 2 fully saturated rings. The molecule has 3 aromatic rings. The predicted octanol–water partition coefficient (Wildman–Crippen LogP) is 5.20. The summed E-state index contributed by atoms with van der Waals surface area (Å²) in [6, 6.07) is 15.7. The SMILES string of the molecule is N#Cc1ccc(C(=O)NCC2C[C@@H]3CC(c4ccnc5ccc(F)cc45)C[C@@H]3C2)cc1. The summed E-state index contributed by atoms with van der Waals surface area (Å²) in [6.07, 6.45) is 6.35. The summed E-state index contributed by atoms with van der Waals surface area (Å²) in [5, 5.41) is 12.9. The molecular weight excluding hydrogens is 389 g/mol. The fraction of sp³-hybridized carbons (Fsp3) is 0.346. The fourth-order valence-electron chi connectivity index (χ4n) is 5.69. The Hall–Kier alpha value is -3.26. The molecule has 1 N–H and O–H groups in total. The first-order valence-electron chi connectivity index (χ1n) is 10.9. The number of fused-ring (bicyclic) bond motifs is 2. The predicted molar refractivity (Wildman–Crippen MR) is 117 cm³/mol. The number of hydrogen-bond acceptors (Lipinski definition) is 3. The number of nitriles is 1. The number of rotatable bonds is 4. The Morgan fingerprint density at radius 3 is 2.52 bits per heavy atom. The Morgan fingerprint density at radius 1 is 1.06 bits per heavy atom. The van der Waals surface area contributed by atoms with Crippen LogP contribution in [0.25, 0.3) is 10.9 Å². The average Bonchev–Trinajstić information content (AvgIpc) is 3.36. The van der Waals surface area contributed by atoms with E-state index in [4.69, 9.17) is 5.26 Å². The summed E-state index contributed by atoms with van der Waals surface area (Å²) in [6.45, 7) is 0.694. The van der Waals surface area contributed by atoms with Gasteiger partial charge in [0.05, 0.1) is 17.1 Å². The van der Waals surface area contributed by atoms with Crippen molar-refractivity contribution in [3.8, 4) is 6.07 Å². The van der Waals surface area contributed by atoms with Gasteiger partial charge in [-0.15, -0.1) is 0 Å². The van der Waals surface area contributed by atoms with Crippen LogP contribution in [0.1, 0.15) is 53.1 Å². The van der Waals surface area contributed by atoms with Gasteiger partial charge in [-0.2, -0.15) is 5.26 Å². The van der Waals surface area contributed by atoms with Crippen LogP contribution >= 0.6 is 0 Å². The van der Waals surface area contributed by atoms with Gasteiger partial charge in [-0.25, -0.2) is 4.39 Å². The summed E-state index contributed by atoms with van der Waals surface area (Å²) in [5.74, 6) is 2.00. The number of hydrogen-bond donors (Lipinski definition) is 1. The molecule has 2 aliphatic carbocycles. The van der Waals surface area contributed by atoms with E-state index in [1.54, 1.807) is 36.4 Å². The second kappa shape index (κ2) is 8.11. The summed E-state index contributed by atoms with van der Waals surface area (Å²) >= 11 is 0. The van der Waals surface area contributed by atoms with Gasteiger partial charge in [-0.1, -0.05) is 0 Å². The molecule has 0 aliphatic heterocycles. The maximum Gasteiger partial charge on any atom is 0.251 e. The number of aromatic nitrogens is 1. The van der Waals surface area contributed by atoms with E-state index in [2.05, 4.69) is 22.4 Å². The standard InChI is InChI=1S/C26H24FN3O/c27-22-5-6-25-24(13-22)23(7-8-29-25)21-11-19-9-17(10-20(19)12-21)15-30-26(31)18-3-1-16(14-28)2-4-18/h1-8,13,17,19-21H,9-12,15H2,(H,30,31)/t17?,19-,20+,21?. The molecule has 31 heavy (non-hydrogen) atoms. The highest BCUT2D eigenvalue weighted by Crippen LogP contribution is 2.53. The van der Waals surface area contributed by atoms with E-state index in [0.29, 0.717) is 41.3 Å². The molecule has 2 aromatic carbocycles. The summed E-state index contributed by atoms with van der Waals surface area (Å²) < 4.78 is 13.8. The molecule has 4 nitrogen and oxygen atoms in total. The number of halogens is 1. The zero-order valence-electron chi connectivity index (χ0n) is 17.2. The van der Waals surface area contributed by atoms with Gasteiger partial charge in [0.15, 0.2) is 0 Å². The topological polar surface area (TPSA) is 65.8 Å². The number of carbonyl (C=O) groups is 1. The van der Waals surface area contributed by atoms with Crippen molar-refractivity contribution in [1.29, 1.82) is 5.26 Å². The normalized spacial score (nSPS) is 24.6. The molecule has 156 valence electrons. The van der Waals surface area contributed by atoms with Crippen LogP contribution < -0.4 is 5.32 Å². The molecule has 1 heterocycles. The highest BCUT2D eigenvalue weighted by molar-refractivity contribution is 5.94. The lowest BCUT2D eigenvalue weighted by molar-refractivity contribution is 0.0946. The Bertz CT molecular complexity index is 1150. The van der Waals surface area contributed by atoms with Gasteiger partial charge in [-0.3, -0.25) is 9.78 Å². The minimum atomic E-state index is -0.210. The number of pyridine rings is 1. The molecule has 2 saturated carbocycles. The molecule has 5 rings (SSSR count). The second-order valence-corrected chi connectivity index (χ2v) is 8.99. The van der Waals surface area contributed by atoms with E-state index < -0.39 is 0 Å². The van der Waals surface area contributed by atoms with Gasteiger partial charge in [0.1, 0.15) is 5.82 Å². The first-order valence-corrected chi connectivity index (χ1v) is 10.9. The second-order valence-electron chi connectivity index (χ2n) is 8.99. The Morgan fingerprint density at radius 2 is 1.81 bits per heavy atom. The Kier molecular flexibility index (Phi) is 5.15. The highest BCUT2D eigenvalue weighted by atomic mass is 19.1. The lowest BCUT2D eigenvalue weighted by Gasteiger charge is -2.17. The average molecular weight is 413 g/mol. The summed E-state index contributed by atoms with van der Waals surface area (Å²) in [7, 11) is 0. The van der Waals surface area contributed by atoms with Crippen LogP contribution in [-0.2, 0) is 0 Å². The lowest BCUT2D eigenvalue weighted by Crippen LogP contribution is -2.28. The van der Waals surface area contributed by atoms with Gasteiger partial charge >= 0.3 is 0 Å². The van der Waals surface area contributed by atoms with E-state index in [1.807, 2.05) is 6.20 Å². The Labute approximate surface area is 181 Å². The van der Waals surface area contributed by atoms with E-state index in [-0.39, 0.29) is 11.7 Å². The summed E-state index contributed by atoms with van der Waals surface area (Å²) in [4.78, 5) is 16.8. The molecular formula is C26H24FN3O. The van der Waals surface area contributed by atoms with Crippen LogP contribution in [0.4, 0.5) is 4.39 Å². The third-order valence-corrected chi connectivity index (χ3v) is 7.12. The van der Waals surface area contributed by atoms with Crippen molar-refractivity contribution in [1.82, 2.24) is 10.3 Å². The van der Waals surface area contributed by atoms with Crippen molar-refractivity contribution < 1.29 is 9.18 Å². The van der Waals surface area contributed by atoms with Gasteiger partial charge in [0.2, 0.25) is 0 Å². The molecule has 2 aliphatic rings. The quantitative estimate of drug-likeness (QED) is 0.640. The number of nitrogens with one attached hydrogen (secondary N) is 1. The lowest BCUT2D eigenvalue weighted by atomic mass is 9.90. The first-order chi connectivity index (χ1) is 15.1. The third kappa shape index (κ3) is 3.90. The molecule has 0 radical (unpaired) electrons. The van der Waals surface area contributed by atoms with E-state index in [0.717, 1.165) is 36.6 Å². The van der Waals surface area contributed by atoms with Crippen LogP contribution in [0.2, 0.25) is 0 Å². The smallest absolute Gasteiger partial charge is 0.251 e. The van der Waals surface area contributed by atoms with E-state index in [1.165, 1.54) is 11.6 Å². The van der Waals surface area contributed by atoms with Crippen molar-refractivity contribution in [3.05, 3.63) is 77.2 Å². The number of amides is 1. The van der Waals surface area contributed by atoms with Gasteiger partial charge in [0.25, 0.3) is 5.91 Å².